The molecule has 0 aromatic heterocycles. The summed E-state index contributed by atoms with van der Waals surface area (Å²) in [7, 11) is 0. The molecular weight excluding hydrogens is 567 g/mol. The second-order valence-corrected chi connectivity index (χ2v) is 15.9. The molecule has 0 unspecified atom stereocenters. The van der Waals surface area contributed by atoms with Crippen molar-refractivity contribution in [1.29, 1.82) is 0 Å². The van der Waals surface area contributed by atoms with Gasteiger partial charge in [0.15, 0.2) is 0 Å². The molecule has 0 radical (unpaired) electrons. The molecular formula is C46H95N. The molecule has 0 aliphatic carbocycles. The van der Waals surface area contributed by atoms with Gasteiger partial charge in [0, 0.05) is 0 Å². The van der Waals surface area contributed by atoms with E-state index in [1.165, 1.54) is 276 Å². The second kappa shape index (κ2) is 44.0. The standard InChI is InChI=1S/C46H95N/c1-4-7-10-13-16-19-22-25-27-30-33-36-39-42-45-47(44-41-38-35-32-29-24-21-18-15-12-9-6-3)46-43-40-37-34-31-28-26-23-20-17-14-11-8-5-2/h4-46H2,1-3H3. The minimum Gasteiger partial charge on any atom is -0.303 e. The smallest absolute Gasteiger partial charge is 0.00187 e. The highest BCUT2D eigenvalue weighted by molar-refractivity contribution is 4.61. The highest BCUT2D eigenvalue weighted by Crippen LogP contribution is 2.16. The molecule has 0 aromatic carbocycles. The van der Waals surface area contributed by atoms with E-state index >= 15 is 0 Å². The molecule has 0 rings (SSSR count). The van der Waals surface area contributed by atoms with E-state index in [0.29, 0.717) is 0 Å². The average molecular weight is 662 g/mol. The van der Waals surface area contributed by atoms with Gasteiger partial charge in [0.1, 0.15) is 0 Å². The maximum absolute atomic E-state index is 2.87. The summed E-state index contributed by atoms with van der Waals surface area (Å²) in [5.74, 6) is 0. The molecule has 0 saturated heterocycles. The van der Waals surface area contributed by atoms with Crippen LogP contribution in [0.3, 0.4) is 0 Å². The highest BCUT2D eigenvalue weighted by atomic mass is 15.1. The van der Waals surface area contributed by atoms with Crippen LogP contribution in [0, 0.1) is 0 Å². The van der Waals surface area contributed by atoms with E-state index in [-0.39, 0.29) is 0 Å². The van der Waals surface area contributed by atoms with Crippen LogP contribution in [0.5, 0.6) is 0 Å². The third-order valence-corrected chi connectivity index (χ3v) is 11.0. The first-order valence-corrected chi connectivity index (χ1v) is 23.1. The Labute approximate surface area is 301 Å². The lowest BCUT2D eigenvalue weighted by atomic mass is 10.0. The molecule has 0 spiro atoms. The summed E-state index contributed by atoms with van der Waals surface area (Å²) in [5, 5.41) is 0. The van der Waals surface area contributed by atoms with Crippen LogP contribution < -0.4 is 0 Å². The SMILES string of the molecule is CCCCCCCCCCCCCCCCN(CCCCCCCCCCCCCC)CCCCCCCCCCCCCCCC. The van der Waals surface area contributed by atoms with E-state index in [2.05, 4.69) is 25.7 Å². The van der Waals surface area contributed by atoms with Crippen LogP contribution in [-0.4, -0.2) is 24.5 Å². The third-order valence-electron chi connectivity index (χ3n) is 11.0. The number of hydrogen-bond acceptors (Lipinski definition) is 1. The van der Waals surface area contributed by atoms with Gasteiger partial charge in [-0.25, -0.2) is 0 Å². The molecule has 0 N–H and O–H groups in total. The van der Waals surface area contributed by atoms with Crippen molar-refractivity contribution in [3.05, 3.63) is 0 Å². The van der Waals surface area contributed by atoms with Gasteiger partial charge in [-0.3, -0.25) is 0 Å². The molecule has 0 heterocycles. The van der Waals surface area contributed by atoms with E-state index < -0.39 is 0 Å². The van der Waals surface area contributed by atoms with E-state index in [1.54, 1.807) is 0 Å². The van der Waals surface area contributed by atoms with Crippen LogP contribution >= 0.6 is 0 Å². The maximum atomic E-state index is 2.87. The Balaban J connectivity index is 3.91. The van der Waals surface area contributed by atoms with Crippen molar-refractivity contribution in [2.75, 3.05) is 19.6 Å². The number of unbranched alkanes of at least 4 members (excludes halogenated alkanes) is 37. The Kier molecular flexibility index (Phi) is 43.9. The summed E-state index contributed by atoms with van der Waals surface area (Å²) in [6.45, 7) is 11.1. The van der Waals surface area contributed by atoms with Crippen LogP contribution in [-0.2, 0) is 0 Å². The normalized spacial score (nSPS) is 11.7. The molecule has 0 bridgehead atoms. The van der Waals surface area contributed by atoms with Gasteiger partial charge < -0.3 is 4.90 Å². The summed E-state index contributed by atoms with van der Waals surface area (Å²) < 4.78 is 0. The Morgan fingerprint density at radius 2 is 0.298 bits per heavy atom. The summed E-state index contributed by atoms with van der Waals surface area (Å²) in [6.07, 6.45) is 58.6. The Morgan fingerprint density at radius 1 is 0.170 bits per heavy atom. The van der Waals surface area contributed by atoms with Gasteiger partial charge in [-0.1, -0.05) is 258 Å². The van der Waals surface area contributed by atoms with Crippen molar-refractivity contribution < 1.29 is 0 Å². The number of hydrogen-bond donors (Lipinski definition) is 0. The lowest BCUT2D eigenvalue weighted by Crippen LogP contribution is -2.27. The van der Waals surface area contributed by atoms with Crippen LogP contribution in [0.15, 0.2) is 0 Å². The Morgan fingerprint density at radius 3 is 0.447 bits per heavy atom. The van der Waals surface area contributed by atoms with Crippen molar-refractivity contribution in [1.82, 2.24) is 4.90 Å². The summed E-state index contributed by atoms with van der Waals surface area (Å²) >= 11 is 0. The molecule has 0 aromatic rings. The molecule has 0 amide bonds. The predicted octanol–water partition coefficient (Wildman–Crippen LogP) is 17.0. The van der Waals surface area contributed by atoms with Crippen molar-refractivity contribution in [3.63, 3.8) is 0 Å². The highest BCUT2D eigenvalue weighted by Gasteiger charge is 2.05. The van der Waals surface area contributed by atoms with Crippen molar-refractivity contribution in [2.24, 2.45) is 0 Å². The molecule has 0 atom stereocenters. The lowest BCUT2D eigenvalue weighted by Gasteiger charge is -2.22. The summed E-state index contributed by atoms with van der Waals surface area (Å²) in [5.41, 5.74) is 0. The van der Waals surface area contributed by atoms with Crippen LogP contribution in [0.1, 0.15) is 278 Å². The van der Waals surface area contributed by atoms with Crippen molar-refractivity contribution in [2.45, 2.75) is 278 Å². The van der Waals surface area contributed by atoms with Gasteiger partial charge >= 0.3 is 0 Å². The molecule has 1 heteroatoms. The minimum atomic E-state index is 1.37. The molecule has 0 saturated carbocycles. The topological polar surface area (TPSA) is 3.24 Å². The fourth-order valence-corrected chi connectivity index (χ4v) is 7.57. The lowest BCUT2D eigenvalue weighted by molar-refractivity contribution is 0.254. The summed E-state index contributed by atoms with van der Waals surface area (Å²) in [6, 6.07) is 0. The molecule has 0 aliphatic rings. The first-order valence-electron chi connectivity index (χ1n) is 23.1. The molecule has 284 valence electrons. The molecule has 47 heavy (non-hydrogen) atoms. The van der Waals surface area contributed by atoms with Gasteiger partial charge in [-0.05, 0) is 38.9 Å². The van der Waals surface area contributed by atoms with E-state index in [1.807, 2.05) is 0 Å². The molecule has 1 nitrogen and oxygen atoms in total. The number of nitrogens with zero attached hydrogens (tertiary/aromatic N) is 1. The first-order chi connectivity index (χ1) is 23.3. The van der Waals surface area contributed by atoms with E-state index in [4.69, 9.17) is 0 Å². The fraction of sp³-hybridized carbons (Fsp3) is 1.00. The van der Waals surface area contributed by atoms with Gasteiger partial charge in [0.2, 0.25) is 0 Å². The predicted molar refractivity (Wildman–Crippen MR) is 218 cm³/mol. The zero-order valence-corrected chi connectivity index (χ0v) is 33.9. The monoisotopic (exact) mass is 662 g/mol. The summed E-state index contributed by atoms with van der Waals surface area (Å²) in [4.78, 5) is 2.87. The second-order valence-electron chi connectivity index (χ2n) is 15.9. The van der Waals surface area contributed by atoms with Crippen molar-refractivity contribution in [3.8, 4) is 0 Å². The quantitative estimate of drug-likeness (QED) is 0.0588. The number of rotatable bonds is 43. The first kappa shape index (κ1) is 47.0. The molecule has 0 fully saturated rings. The van der Waals surface area contributed by atoms with Crippen LogP contribution in [0.25, 0.3) is 0 Å². The largest absolute Gasteiger partial charge is 0.303 e. The molecule has 0 aliphatic heterocycles. The van der Waals surface area contributed by atoms with Gasteiger partial charge in [0.25, 0.3) is 0 Å². The Hall–Kier alpha value is -0.0400. The zero-order chi connectivity index (χ0) is 34.0. The minimum absolute atomic E-state index is 1.37. The van der Waals surface area contributed by atoms with Gasteiger partial charge in [0.05, 0.1) is 0 Å². The average Bonchev–Trinajstić information content (AvgIpc) is 3.08. The van der Waals surface area contributed by atoms with Crippen LogP contribution in [0.2, 0.25) is 0 Å². The fourth-order valence-electron chi connectivity index (χ4n) is 7.57. The van der Waals surface area contributed by atoms with Gasteiger partial charge in [-0.2, -0.15) is 0 Å². The zero-order valence-electron chi connectivity index (χ0n) is 33.9. The van der Waals surface area contributed by atoms with Crippen molar-refractivity contribution >= 4 is 0 Å². The third kappa shape index (κ3) is 42.0. The van der Waals surface area contributed by atoms with E-state index in [9.17, 15) is 0 Å². The maximum Gasteiger partial charge on any atom is -0.00187 e. The van der Waals surface area contributed by atoms with Gasteiger partial charge in [-0.15, -0.1) is 0 Å². The Bertz CT molecular complexity index is 483. The van der Waals surface area contributed by atoms with E-state index in [0.717, 1.165) is 0 Å². The van der Waals surface area contributed by atoms with Crippen LogP contribution in [0.4, 0.5) is 0 Å².